The fourth-order valence-corrected chi connectivity index (χ4v) is 4.09. The van der Waals surface area contributed by atoms with Gasteiger partial charge in [-0.1, -0.05) is 24.3 Å². The molecule has 184 valence electrons. The number of nitrogens with one attached hydrogen (secondary N) is 1. The lowest BCUT2D eigenvalue weighted by atomic mass is 10.1. The molecule has 0 aliphatic carbocycles. The van der Waals surface area contributed by atoms with E-state index in [1.165, 1.54) is 26.0 Å². The van der Waals surface area contributed by atoms with Gasteiger partial charge in [0.1, 0.15) is 23.5 Å². The highest BCUT2D eigenvalue weighted by atomic mass is 16.7. The Balaban J connectivity index is 1.42. The first-order chi connectivity index (χ1) is 16.7. The summed E-state index contributed by atoms with van der Waals surface area (Å²) in [5.41, 5.74) is 1.41. The molecule has 4 rings (SSSR count). The summed E-state index contributed by atoms with van der Waals surface area (Å²) in [7, 11) is 0. The highest BCUT2D eigenvalue weighted by Crippen LogP contribution is 2.33. The minimum Gasteiger partial charge on any atom is -0.453 e. The van der Waals surface area contributed by atoms with E-state index in [1.54, 1.807) is 37.3 Å². The zero-order chi connectivity index (χ0) is 25.1. The summed E-state index contributed by atoms with van der Waals surface area (Å²) in [5.74, 6) is -2.11. The molecule has 0 radical (unpaired) electrons. The lowest BCUT2D eigenvalue weighted by Gasteiger charge is -2.19. The van der Waals surface area contributed by atoms with Crippen LogP contribution in [-0.2, 0) is 28.5 Å². The van der Waals surface area contributed by atoms with E-state index >= 15 is 0 Å². The van der Waals surface area contributed by atoms with E-state index in [0.29, 0.717) is 11.3 Å². The van der Waals surface area contributed by atoms with E-state index in [4.69, 9.17) is 23.7 Å². The number of fused-ring (bicyclic) bond motifs is 1. The maximum atomic E-state index is 12.9. The van der Waals surface area contributed by atoms with Crippen LogP contribution < -0.4 is 10.1 Å². The van der Waals surface area contributed by atoms with E-state index in [0.717, 1.165) is 0 Å². The maximum absolute atomic E-state index is 12.9. The monoisotopic (exact) mass is 483 g/mol. The highest BCUT2D eigenvalue weighted by Gasteiger charge is 2.51. The van der Waals surface area contributed by atoms with Gasteiger partial charge in [0.15, 0.2) is 12.2 Å². The van der Waals surface area contributed by atoms with Crippen molar-refractivity contribution in [3.63, 3.8) is 0 Å². The Hall–Kier alpha value is -3.76. The lowest BCUT2D eigenvalue weighted by Crippen LogP contribution is -2.36. The summed E-state index contributed by atoms with van der Waals surface area (Å²) >= 11 is 0. The molecule has 10 heteroatoms. The molecule has 0 bridgehead atoms. The number of benzene rings is 2. The van der Waals surface area contributed by atoms with Gasteiger partial charge >= 0.3 is 17.9 Å². The van der Waals surface area contributed by atoms with Gasteiger partial charge in [-0.05, 0) is 30.7 Å². The molecule has 1 N–H and O–H groups in total. The van der Waals surface area contributed by atoms with Gasteiger partial charge in [-0.15, -0.1) is 0 Å². The number of carbonyl (C=O) groups is 4. The summed E-state index contributed by atoms with van der Waals surface area (Å²) < 4.78 is 27.8. The molecule has 2 heterocycles. The number of carbonyl (C=O) groups excluding carboxylic acids is 4. The topological polar surface area (TPSA) is 126 Å². The molecule has 0 saturated carbocycles. The molecular weight excluding hydrogens is 458 g/mol. The number of amides is 1. The molecule has 2 aliphatic heterocycles. The third kappa shape index (κ3) is 5.33. The van der Waals surface area contributed by atoms with Crippen molar-refractivity contribution in [1.82, 2.24) is 0 Å². The normalized spacial score (nSPS) is 22.7. The van der Waals surface area contributed by atoms with Crippen LogP contribution in [0.25, 0.3) is 0 Å². The smallest absolute Gasteiger partial charge is 0.342 e. The molecule has 35 heavy (non-hydrogen) atoms. The second kappa shape index (κ2) is 10.2. The molecular formula is C25H25NO9. The summed E-state index contributed by atoms with van der Waals surface area (Å²) in [4.78, 5) is 48.5. The Bertz CT molecular complexity index is 1160. The number of esters is 3. The van der Waals surface area contributed by atoms with Gasteiger partial charge in [0.2, 0.25) is 5.91 Å². The summed E-state index contributed by atoms with van der Waals surface area (Å²) in [6, 6.07) is 11.3. The number of anilines is 1. The Kier molecular flexibility index (Phi) is 7.13. The van der Waals surface area contributed by atoms with Crippen molar-refractivity contribution in [3.8, 4) is 5.75 Å². The molecule has 2 saturated heterocycles. The third-order valence-corrected chi connectivity index (χ3v) is 5.63. The Labute approximate surface area is 201 Å². The molecule has 0 unspecified atom stereocenters. The van der Waals surface area contributed by atoms with Gasteiger partial charge in [-0.2, -0.15) is 0 Å². The number of rotatable bonds is 6. The molecule has 2 aromatic carbocycles. The minimum atomic E-state index is -0.740. The van der Waals surface area contributed by atoms with Crippen LogP contribution in [0.15, 0.2) is 42.5 Å². The van der Waals surface area contributed by atoms with Crippen molar-refractivity contribution in [2.75, 3.05) is 18.5 Å². The molecule has 2 aliphatic rings. The molecule has 0 aromatic heterocycles. The fourth-order valence-electron chi connectivity index (χ4n) is 4.09. The second-order valence-electron chi connectivity index (χ2n) is 8.25. The maximum Gasteiger partial charge on any atom is 0.342 e. The van der Waals surface area contributed by atoms with Gasteiger partial charge < -0.3 is 29.0 Å². The van der Waals surface area contributed by atoms with E-state index in [9.17, 15) is 19.2 Å². The average Bonchev–Trinajstić information content (AvgIpc) is 3.38. The quantitative estimate of drug-likeness (QED) is 0.487. The highest BCUT2D eigenvalue weighted by molar-refractivity contribution is 6.01. The Morgan fingerprint density at radius 1 is 0.829 bits per heavy atom. The number of hydrogen-bond acceptors (Lipinski definition) is 9. The van der Waals surface area contributed by atoms with E-state index < -0.39 is 42.3 Å². The molecule has 2 fully saturated rings. The first-order valence-corrected chi connectivity index (χ1v) is 11.0. The number of aryl methyl sites for hydroxylation is 1. The summed E-state index contributed by atoms with van der Waals surface area (Å²) in [6.45, 7) is 4.47. The minimum absolute atomic E-state index is 0.0481. The van der Waals surface area contributed by atoms with Crippen LogP contribution in [0.1, 0.15) is 40.1 Å². The van der Waals surface area contributed by atoms with Crippen molar-refractivity contribution in [2.45, 2.75) is 45.2 Å². The first kappa shape index (κ1) is 24.4. The van der Waals surface area contributed by atoms with Crippen LogP contribution in [0.5, 0.6) is 5.75 Å². The molecule has 0 spiro atoms. The predicted molar refractivity (Wildman–Crippen MR) is 121 cm³/mol. The lowest BCUT2D eigenvalue weighted by molar-refractivity contribution is -0.131. The van der Waals surface area contributed by atoms with Crippen LogP contribution in [0, 0.1) is 6.92 Å². The van der Waals surface area contributed by atoms with Crippen LogP contribution in [0.3, 0.4) is 0 Å². The van der Waals surface area contributed by atoms with E-state index in [-0.39, 0.29) is 36.0 Å². The van der Waals surface area contributed by atoms with Crippen LogP contribution in [-0.4, -0.2) is 61.4 Å². The molecule has 2 aromatic rings. The zero-order valence-electron chi connectivity index (χ0n) is 19.4. The van der Waals surface area contributed by atoms with Crippen LogP contribution in [0.4, 0.5) is 5.69 Å². The zero-order valence-corrected chi connectivity index (χ0v) is 19.4. The standard InChI is InChI=1S/C25H25NO9/c1-13-7-6-9-17(21(13)26-14(2)27)25(30)35-20-12-32-22-19(11-31-23(20)22)34-24(29)16-8-4-5-10-18(16)33-15(3)28/h4-10,19-20,22-23H,11-12H2,1-3H3,(H,26,27)/t19-,20+,22+,23+/m0/s1. The van der Waals surface area contributed by atoms with Crippen LogP contribution in [0.2, 0.25) is 0 Å². The largest absolute Gasteiger partial charge is 0.453 e. The summed E-state index contributed by atoms with van der Waals surface area (Å²) in [5, 5.41) is 2.66. The van der Waals surface area contributed by atoms with Gasteiger partial charge in [-0.3, -0.25) is 9.59 Å². The molecule has 4 atom stereocenters. The van der Waals surface area contributed by atoms with E-state index in [2.05, 4.69) is 5.32 Å². The Morgan fingerprint density at radius 3 is 2.00 bits per heavy atom. The number of para-hydroxylation sites is 2. The van der Waals surface area contributed by atoms with Crippen molar-refractivity contribution in [2.24, 2.45) is 0 Å². The average molecular weight is 483 g/mol. The number of hydrogen-bond donors (Lipinski definition) is 1. The predicted octanol–water partition coefficient (Wildman–Crippen LogP) is 2.43. The van der Waals surface area contributed by atoms with Gasteiger partial charge in [-0.25, -0.2) is 9.59 Å². The van der Waals surface area contributed by atoms with Crippen molar-refractivity contribution in [3.05, 3.63) is 59.2 Å². The van der Waals surface area contributed by atoms with E-state index in [1.807, 2.05) is 0 Å². The van der Waals surface area contributed by atoms with Crippen molar-refractivity contribution < 1.29 is 42.9 Å². The Morgan fingerprint density at radius 2 is 1.40 bits per heavy atom. The SMILES string of the molecule is CC(=O)Nc1c(C)cccc1C(=O)O[C@@H]1CO[C@H]2[C@@H]1OC[C@@H]2OC(=O)c1ccccc1OC(C)=O. The van der Waals surface area contributed by atoms with Gasteiger partial charge in [0.25, 0.3) is 0 Å². The first-order valence-electron chi connectivity index (χ1n) is 11.0. The van der Waals surface area contributed by atoms with Crippen LogP contribution >= 0.6 is 0 Å². The van der Waals surface area contributed by atoms with Gasteiger partial charge in [0, 0.05) is 13.8 Å². The van der Waals surface area contributed by atoms with Crippen molar-refractivity contribution in [1.29, 1.82) is 0 Å². The number of ether oxygens (including phenoxy) is 5. The fraction of sp³-hybridized carbons (Fsp3) is 0.360. The molecule has 10 nitrogen and oxygen atoms in total. The van der Waals surface area contributed by atoms with Crippen molar-refractivity contribution >= 4 is 29.5 Å². The second-order valence-corrected chi connectivity index (χ2v) is 8.25. The molecule has 1 amide bonds. The third-order valence-electron chi connectivity index (χ3n) is 5.63. The van der Waals surface area contributed by atoms with Gasteiger partial charge in [0.05, 0.1) is 24.5 Å². The summed E-state index contributed by atoms with van der Waals surface area (Å²) in [6.07, 6.45) is -2.73.